The molecule has 0 spiro atoms. The summed E-state index contributed by atoms with van der Waals surface area (Å²) in [5.41, 5.74) is 16.7. The summed E-state index contributed by atoms with van der Waals surface area (Å²) in [6.45, 7) is 0.176. The lowest BCUT2D eigenvalue weighted by atomic mass is 10.0. The Morgan fingerprint density at radius 1 is 0.968 bits per heavy atom. The van der Waals surface area contributed by atoms with Crippen molar-refractivity contribution >= 4 is 29.7 Å². The lowest BCUT2D eigenvalue weighted by Crippen LogP contribution is -2.55. The minimum Gasteiger partial charge on any atom is -0.481 e. The van der Waals surface area contributed by atoms with Crippen LogP contribution < -0.4 is 27.8 Å². The van der Waals surface area contributed by atoms with Crippen LogP contribution in [0.5, 0.6) is 0 Å². The van der Waals surface area contributed by atoms with Crippen molar-refractivity contribution in [3.05, 3.63) is 35.9 Å². The number of nitrogens with zero attached hydrogens (tertiary/aromatic N) is 1. The van der Waals surface area contributed by atoms with Gasteiger partial charge in [-0.25, -0.2) is 4.79 Å². The van der Waals surface area contributed by atoms with Gasteiger partial charge in [-0.2, -0.15) is 0 Å². The fraction of sp³-hybridized carbons (Fsp3) is 0.421. The lowest BCUT2D eigenvalue weighted by Gasteiger charge is -2.22. The maximum absolute atomic E-state index is 12.7. The number of aliphatic imine (C=N–C) groups is 1. The molecule has 0 saturated heterocycles. The normalized spacial score (nSPS) is 13.3. The van der Waals surface area contributed by atoms with E-state index in [1.54, 1.807) is 30.3 Å². The van der Waals surface area contributed by atoms with E-state index in [2.05, 4.69) is 15.6 Å². The largest absolute Gasteiger partial charge is 0.481 e. The summed E-state index contributed by atoms with van der Waals surface area (Å²) in [5.74, 6) is -4.25. The molecule has 12 heteroatoms. The van der Waals surface area contributed by atoms with Crippen LogP contribution >= 0.6 is 0 Å². The van der Waals surface area contributed by atoms with Crippen molar-refractivity contribution in [1.82, 2.24) is 10.6 Å². The number of carbonyl (C=O) groups excluding carboxylic acids is 2. The first-order valence-corrected chi connectivity index (χ1v) is 9.50. The van der Waals surface area contributed by atoms with Crippen LogP contribution in [0, 0.1) is 0 Å². The maximum atomic E-state index is 12.7. The summed E-state index contributed by atoms with van der Waals surface area (Å²) >= 11 is 0. The van der Waals surface area contributed by atoms with E-state index in [1.165, 1.54) is 0 Å². The van der Waals surface area contributed by atoms with Crippen molar-refractivity contribution in [2.45, 2.75) is 43.8 Å². The van der Waals surface area contributed by atoms with Gasteiger partial charge in [0.15, 0.2) is 5.96 Å². The van der Waals surface area contributed by atoms with Gasteiger partial charge in [0.2, 0.25) is 11.8 Å². The molecule has 12 nitrogen and oxygen atoms in total. The van der Waals surface area contributed by atoms with E-state index in [0.717, 1.165) is 0 Å². The Hall–Kier alpha value is -3.67. The van der Waals surface area contributed by atoms with Gasteiger partial charge in [0.05, 0.1) is 12.5 Å². The van der Waals surface area contributed by atoms with Crippen LogP contribution in [0.15, 0.2) is 35.3 Å². The summed E-state index contributed by atoms with van der Waals surface area (Å²) in [6.07, 6.45) is -0.221. The third kappa shape index (κ3) is 10.1. The van der Waals surface area contributed by atoms with E-state index in [-0.39, 0.29) is 25.3 Å². The van der Waals surface area contributed by atoms with Crippen molar-refractivity contribution in [3.63, 3.8) is 0 Å². The smallest absolute Gasteiger partial charge is 0.326 e. The number of benzene rings is 1. The highest BCUT2D eigenvalue weighted by atomic mass is 16.4. The summed E-state index contributed by atoms with van der Waals surface area (Å²) in [7, 11) is 0. The Balaban J connectivity index is 2.87. The second-order valence-electron chi connectivity index (χ2n) is 6.80. The first-order chi connectivity index (χ1) is 14.6. The minimum atomic E-state index is -1.37. The number of hydrogen-bond acceptors (Lipinski definition) is 6. The van der Waals surface area contributed by atoms with Crippen LogP contribution in [0.25, 0.3) is 0 Å². The molecule has 2 amide bonds. The number of carbonyl (C=O) groups is 4. The zero-order chi connectivity index (χ0) is 23.4. The number of aliphatic carboxylic acids is 2. The Morgan fingerprint density at radius 2 is 1.58 bits per heavy atom. The molecule has 170 valence electrons. The van der Waals surface area contributed by atoms with Crippen LogP contribution in [-0.4, -0.2) is 64.6 Å². The third-order valence-electron chi connectivity index (χ3n) is 4.21. The number of amides is 2. The molecule has 0 heterocycles. The maximum Gasteiger partial charge on any atom is 0.326 e. The average molecular weight is 436 g/mol. The van der Waals surface area contributed by atoms with Gasteiger partial charge < -0.3 is 38.0 Å². The van der Waals surface area contributed by atoms with E-state index in [9.17, 15) is 24.3 Å². The highest BCUT2D eigenvalue weighted by Crippen LogP contribution is 2.06. The minimum absolute atomic E-state index is 0.0368. The van der Waals surface area contributed by atoms with Crippen LogP contribution in [0.4, 0.5) is 0 Å². The number of guanidine groups is 1. The van der Waals surface area contributed by atoms with E-state index >= 15 is 0 Å². The highest BCUT2D eigenvalue weighted by molar-refractivity contribution is 5.93. The predicted octanol–water partition coefficient (Wildman–Crippen LogP) is -1.86. The first kappa shape index (κ1) is 25.4. The van der Waals surface area contributed by atoms with E-state index in [1.807, 2.05) is 0 Å². The number of hydrogen-bond donors (Lipinski definition) is 7. The molecule has 0 aliphatic rings. The Morgan fingerprint density at radius 3 is 2.13 bits per heavy atom. The molecule has 1 aromatic carbocycles. The molecule has 0 aliphatic heterocycles. The zero-order valence-corrected chi connectivity index (χ0v) is 16.9. The zero-order valence-electron chi connectivity index (χ0n) is 16.9. The lowest BCUT2D eigenvalue weighted by molar-refractivity contribution is -0.142. The number of nitrogens with two attached hydrogens (primary N) is 3. The molecule has 3 atom stereocenters. The van der Waals surface area contributed by atoms with E-state index in [0.29, 0.717) is 12.0 Å². The van der Waals surface area contributed by atoms with Crippen molar-refractivity contribution in [2.24, 2.45) is 22.2 Å². The molecular formula is C19H28N6O6. The molecule has 31 heavy (non-hydrogen) atoms. The molecule has 0 aromatic heterocycles. The standard InChI is InChI=1S/C19H28N6O6/c20-12(10-15(26)27)16(28)24-13(7-4-8-23-19(21)22)17(29)25-14(18(30)31)9-11-5-2-1-3-6-11/h1-3,5-6,12-14H,4,7-10,20H2,(H,24,28)(H,25,29)(H,26,27)(H,30,31)(H4,21,22,23)/t12-,13-,14-/m0/s1. The summed E-state index contributed by atoms with van der Waals surface area (Å²) < 4.78 is 0. The molecule has 0 radical (unpaired) electrons. The number of carboxylic acid groups (broad SMARTS) is 2. The first-order valence-electron chi connectivity index (χ1n) is 9.50. The fourth-order valence-electron chi connectivity index (χ4n) is 2.65. The van der Waals surface area contributed by atoms with E-state index < -0.39 is 48.3 Å². The van der Waals surface area contributed by atoms with Gasteiger partial charge in [0, 0.05) is 13.0 Å². The Bertz CT molecular complexity index is 796. The summed E-state index contributed by atoms with van der Waals surface area (Å²) in [5, 5.41) is 23.0. The topological polar surface area (TPSA) is 223 Å². The van der Waals surface area contributed by atoms with Gasteiger partial charge in [-0.1, -0.05) is 30.3 Å². The highest BCUT2D eigenvalue weighted by Gasteiger charge is 2.28. The second kappa shape index (κ2) is 12.8. The second-order valence-corrected chi connectivity index (χ2v) is 6.80. The predicted molar refractivity (Wildman–Crippen MR) is 112 cm³/mol. The monoisotopic (exact) mass is 436 g/mol. The molecule has 1 aromatic rings. The van der Waals surface area contributed by atoms with Crippen LogP contribution in [0.1, 0.15) is 24.8 Å². The van der Waals surface area contributed by atoms with Crippen LogP contribution in [0.3, 0.4) is 0 Å². The van der Waals surface area contributed by atoms with Gasteiger partial charge in [-0.15, -0.1) is 0 Å². The molecule has 0 unspecified atom stereocenters. The fourth-order valence-corrected chi connectivity index (χ4v) is 2.65. The van der Waals surface area contributed by atoms with Crippen molar-refractivity contribution < 1.29 is 29.4 Å². The number of carboxylic acids is 2. The van der Waals surface area contributed by atoms with Crippen molar-refractivity contribution in [1.29, 1.82) is 0 Å². The molecule has 0 fully saturated rings. The quantitative estimate of drug-likeness (QED) is 0.104. The number of nitrogens with one attached hydrogen (secondary N) is 2. The van der Waals surface area contributed by atoms with Crippen LogP contribution in [-0.2, 0) is 25.6 Å². The average Bonchev–Trinajstić information content (AvgIpc) is 2.69. The Kier molecular flexibility index (Phi) is 10.5. The van der Waals surface area contributed by atoms with Gasteiger partial charge in [-0.05, 0) is 18.4 Å². The van der Waals surface area contributed by atoms with Gasteiger partial charge in [0.1, 0.15) is 12.1 Å². The molecule has 0 saturated carbocycles. The molecule has 1 rings (SSSR count). The summed E-state index contributed by atoms with van der Waals surface area (Å²) in [4.78, 5) is 51.1. The Labute approximate surface area is 178 Å². The summed E-state index contributed by atoms with van der Waals surface area (Å²) in [6, 6.07) is 4.95. The third-order valence-corrected chi connectivity index (χ3v) is 4.21. The van der Waals surface area contributed by atoms with Gasteiger partial charge in [-0.3, -0.25) is 19.4 Å². The van der Waals surface area contributed by atoms with E-state index in [4.69, 9.17) is 22.3 Å². The van der Waals surface area contributed by atoms with Crippen molar-refractivity contribution in [3.8, 4) is 0 Å². The molecule has 0 aliphatic carbocycles. The van der Waals surface area contributed by atoms with Crippen LogP contribution in [0.2, 0.25) is 0 Å². The van der Waals surface area contributed by atoms with Gasteiger partial charge in [0.25, 0.3) is 0 Å². The molecule has 10 N–H and O–H groups in total. The SMILES string of the molecule is NC(N)=NCCC[C@H](NC(=O)[C@@H](N)CC(=O)O)C(=O)N[C@@H](Cc1ccccc1)C(=O)O. The molecular weight excluding hydrogens is 408 g/mol. The molecule has 0 bridgehead atoms. The number of rotatable bonds is 13. The van der Waals surface area contributed by atoms with Gasteiger partial charge >= 0.3 is 11.9 Å². The van der Waals surface area contributed by atoms with Crippen molar-refractivity contribution in [2.75, 3.05) is 6.54 Å².